The van der Waals surface area contributed by atoms with Crippen LogP contribution >= 0.6 is 0 Å². The maximum atomic E-state index is 2.57. The van der Waals surface area contributed by atoms with Gasteiger partial charge in [0.15, 0.2) is 0 Å². The van der Waals surface area contributed by atoms with Crippen LogP contribution in [0.2, 0.25) is 39.3 Å². The van der Waals surface area contributed by atoms with E-state index in [1.54, 1.807) is 0 Å². The summed E-state index contributed by atoms with van der Waals surface area (Å²) in [6.07, 6.45) is 0. The van der Waals surface area contributed by atoms with Crippen molar-refractivity contribution in [3.63, 3.8) is 0 Å². The second-order valence-corrected chi connectivity index (χ2v) is 24.8. The van der Waals surface area contributed by atoms with Gasteiger partial charge in [0.2, 0.25) is 0 Å². The third kappa shape index (κ3) is 4.40. The van der Waals surface area contributed by atoms with Gasteiger partial charge in [0.1, 0.15) is 0 Å². The van der Waals surface area contributed by atoms with Crippen LogP contribution in [-0.2, 0) is 0 Å². The van der Waals surface area contributed by atoms with Gasteiger partial charge < -0.3 is 4.57 Å². The molecular weight excluding hydrogens is 575 g/mol. The molecule has 8 aromatic rings. The quantitative estimate of drug-likeness (QED) is 0.137. The molecule has 0 fully saturated rings. The zero-order valence-corrected chi connectivity index (χ0v) is 29.1. The fraction of sp³-hybridized carbons (Fsp3) is 0.143. The summed E-state index contributed by atoms with van der Waals surface area (Å²) < 4.78 is 2.57. The Hall–Kier alpha value is -4.45. The van der Waals surface area contributed by atoms with Crippen molar-refractivity contribution in [2.75, 3.05) is 0 Å². The molecular formula is C42H39NSi2. The number of nitrogens with zero attached hydrogens (tertiary/aromatic N) is 1. The molecule has 0 amide bonds. The van der Waals surface area contributed by atoms with Crippen molar-refractivity contribution >= 4 is 80.6 Å². The molecule has 8 rings (SSSR count). The lowest BCUT2D eigenvalue weighted by molar-refractivity contribution is 1.21. The number of hydrogen-bond donors (Lipinski definition) is 0. The lowest BCUT2D eigenvalue weighted by atomic mass is 9.88. The molecule has 0 spiro atoms. The van der Waals surface area contributed by atoms with E-state index in [-0.39, 0.29) is 0 Å². The first-order chi connectivity index (χ1) is 21.6. The maximum absolute atomic E-state index is 2.57. The van der Waals surface area contributed by atoms with E-state index in [1.807, 2.05) is 0 Å². The first kappa shape index (κ1) is 28.1. The van der Waals surface area contributed by atoms with Crippen LogP contribution in [-0.4, -0.2) is 20.7 Å². The van der Waals surface area contributed by atoms with E-state index in [2.05, 4.69) is 171 Å². The Kier molecular flexibility index (Phi) is 6.25. The molecule has 0 saturated heterocycles. The van der Waals surface area contributed by atoms with E-state index in [1.165, 1.54) is 81.3 Å². The minimum atomic E-state index is -1.51. The summed E-state index contributed by atoms with van der Waals surface area (Å²) in [6, 6.07) is 48.2. The molecule has 0 bridgehead atoms. The molecule has 45 heavy (non-hydrogen) atoms. The molecule has 0 aliphatic heterocycles. The Morgan fingerprint density at radius 1 is 0.400 bits per heavy atom. The normalized spacial score (nSPS) is 12.7. The van der Waals surface area contributed by atoms with Gasteiger partial charge in [0.25, 0.3) is 0 Å². The smallest absolute Gasteiger partial charge is 0.0776 e. The lowest BCUT2D eigenvalue weighted by Gasteiger charge is -2.21. The van der Waals surface area contributed by atoms with E-state index in [0.717, 1.165) is 0 Å². The summed E-state index contributed by atoms with van der Waals surface area (Å²) in [6.45, 7) is 14.7. The van der Waals surface area contributed by atoms with Gasteiger partial charge in [-0.05, 0) is 44.8 Å². The van der Waals surface area contributed by atoms with Crippen molar-refractivity contribution < 1.29 is 0 Å². The van der Waals surface area contributed by atoms with Crippen LogP contribution in [0.4, 0.5) is 0 Å². The second kappa shape index (κ2) is 10.0. The van der Waals surface area contributed by atoms with Gasteiger partial charge in [-0.1, -0.05) is 165 Å². The van der Waals surface area contributed by atoms with E-state index in [0.29, 0.717) is 0 Å². The van der Waals surface area contributed by atoms with Crippen LogP contribution < -0.4 is 10.4 Å². The third-order valence-corrected chi connectivity index (χ3v) is 13.8. The fourth-order valence-corrected chi connectivity index (χ4v) is 9.60. The lowest BCUT2D eigenvalue weighted by Crippen LogP contribution is -2.37. The van der Waals surface area contributed by atoms with Crippen molar-refractivity contribution in [2.24, 2.45) is 0 Å². The highest BCUT2D eigenvalue weighted by molar-refractivity contribution is 6.89. The van der Waals surface area contributed by atoms with Crippen LogP contribution in [0.5, 0.6) is 0 Å². The number of hydrogen-bond acceptors (Lipinski definition) is 0. The molecule has 1 nitrogen and oxygen atoms in total. The summed E-state index contributed by atoms with van der Waals surface area (Å²) in [5.41, 5.74) is 6.44. The molecule has 220 valence electrons. The first-order valence-electron chi connectivity index (χ1n) is 16.1. The van der Waals surface area contributed by atoms with E-state index in [4.69, 9.17) is 0 Å². The summed E-state index contributed by atoms with van der Waals surface area (Å²) in [4.78, 5) is 0. The molecule has 3 heteroatoms. The zero-order valence-electron chi connectivity index (χ0n) is 27.1. The van der Waals surface area contributed by atoms with Crippen molar-refractivity contribution in [1.29, 1.82) is 0 Å². The molecule has 7 aromatic carbocycles. The summed E-state index contributed by atoms with van der Waals surface area (Å²) in [5.74, 6) is 0. The highest BCUT2D eigenvalue weighted by atomic mass is 28.3. The molecule has 1 aromatic heterocycles. The Labute approximate surface area is 267 Å². The summed E-state index contributed by atoms with van der Waals surface area (Å²) >= 11 is 0. The van der Waals surface area contributed by atoms with Crippen molar-refractivity contribution in [3.05, 3.63) is 127 Å². The molecule has 1 heterocycles. The number of fused-ring (bicyclic) bond motifs is 6. The largest absolute Gasteiger partial charge is 0.308 e. The molecule has 0 N–H and O–H groups in total. The van der Waals surface area contributed by atoms with Gasteiger partial charge in [-0.3, -0.25) is 0 Å². The van der Waals surface area contributed by atoms with Gasteiger partial charge in [0, 0.05) is 21.5 Å². The molecule has 0 saturated carbocycles. The minimum absolute atomic E-state index is 1.27. The molecule has 0 aliphatic carbocycles. The monoisotopic (exact) mass is 613 g/mol. The molecule has 0 radical (unpaired) electrons. The number of benzene rings is 7. The van der Waals surface area contributed by atoms with Gasteiger partial charge in [-0.2, -0.15) is 0 Å². The third-order valence-electron chi connectivity index (χ3n) is 9.68. The summed E-state index contributed by atoms with van der Waals surface area (Å²) in [5, 5.41) is 13.5. The average molecular weight is 614 g/mol. The van der Waals surface area contributed by atoms with E-state index < -0.39 is 16.1 Å². The fourth-order valence-electron chi connectivity index (χ4n) is 7.28. The van der Waals surface area contributed by atoms with Crippen LogP contribution in [0.1, 0.15) is 0 Å². The van der Waals surface area contributed by atoms with Crippen LogP contribution in [0.25, 0.3) is 70.9 Å². The highest BCUT2D eigenvalue weighted by Gasteiger charge is 2.25. The van der Waals surface area contributed by atoms with Crippen molar-refractivity contribution in [3.8, 4) is 16.8 Å². The second-order valence-electron chi connectivity index (χ2n) is 14.6. The predicted octanol–water partition coefficient (Wildman–Crippen LogP) is 11.0. The minimum Gasteiger partial charge on any atom is -0.308 e. The van der Waals surface area contributed by atoms with Crippen LogP contribution in [0.15, 0.2) is 127 Å². The maximum Gasteiger partial charge on any atom is 0.0776 e. The van der Waals surface area contributed by atoms with E-state index >= 15 is 0 Å². The van der Waals surface area contributed by atoms with Crippen molar-refractivity contribution in [1.82, 2.24) is 4.57 Å². The summed E-state index contributed by atoms with van der Waals surface area (Å²) in [7, 11) is -3.03. The topological polar surface area (TPSA) is 4.93 Å². The van der Waals surface area contributed by atoms with Gasteiger partial charge in [-0.25, -0.2) is 0 Å². The Morgan fingerprint density at radius 3 is 1.36 bits per heavy atom. The first-order valence-corrected chi connectivity index (χ1v) is 23.1. The Balaban J connectivity index is 1.56. The molecule has 0 aliphatic rings. The number of aromatic nitrogens is 1. The zero-order chi connectivity index (χ0) is 31.1. The molecule has 0 unspecified atom stereocenters. The number of rotatable bonds is 4. The van der Waals surface area contributed by atoms with Crippen LogP contribution in [0, 0.1) is 0 Å². The Bertz CT molecular complexity index is 2320. The predicted molar refractivity (Wildman–Crippen MR) is 205 cm³/mol. The highest BCUT2D eigenvalue weighted by Crippen LogP contribution is 2.45. The van der Waals surface area contributed by atoms with Crippen LogP contribution in [0.3, 0.4) is 0 Å². The molecule has 0 atom stereocenters. The van der Waals surface area contributed by atoms with Gasteiger partial charge >= 0.3 is 0 Å². The van der Waals surface area contributed by atoms with Gasteiger partial charge in [-0.15, -0.1) is 0 Å². The standard InChI is InChI=1S/C42H39NSi2/c1-44(2,3)29-22-24-39-37(26-29)38-27-30(45(4,5)6)23-25-40(38)43(39)42-35-19-11-9-17-33(35)41(34-18-10-12-20-36(34)42)32-21-13-15-28-14-7-8-16-31(28)32/h7-27H,1-6H3. The Morgan fingerprint density at radius 2 is 0.844 bits per heavy atom. The average Bonchev–Trinajstić information content (AvgIpc) is 3.35. The van der Waals surface area contributed by atoms with Crippen molar-refractivity contribution in [2.45, 2.75) is 39.3 Å². The SMILES string of the molecule is C[Si](C)(C)c1ccc2c(c1)c1cc([Si](C)(C)C)ccc1n2-c1c2ccccc2c(-c2cccc3ccccc23)c2ccccc12. The van der Waals surface area contributed by atoms with Gasteiger partial charge in [0.05, 0.1) is 32.9 Å². The van der Waals surface area contributed by atoms with E-state index in [9.17, 15) is 0 Å².